The van der Waals surface area contributed by atoms with E-state index < -0.39 is 0 Å². The first-order valence-corrected chi connectivity index (χ1v) is 8.23. The van der Waals surface area contributed by atoms with Crippen LogP contribution in [0.2, 0.25) is 0 Å². The number of urea groups is 1. The summed E-state index contributed by atoms with van der Waals surface area (Å²) in [6.45, 7) is 3.99. The number of nitrogens with zero attached hydrogens (tertiary/aromatic N) is 1. The molecule has 0 saturated carbocycles. The summed E-state index contributed by atoms with van der Waals surface area (Å²) in [5, 5.41) is 2.92. The van der Waals surface area contributed by atoms with Crippen molar-refractivity contribution in [2.45, 2.75) is 32.4 Å². The Morgan fingerprint density at radius 3 is 2.75 bits per heavy atom. The third kappa shape index (κ3) is 5.06. The van der Waals surface area contributed by atoms with Crippen molar-refractivity contribution in [3.63, 3.8) is 0 Å². The van der Waals surface area contributed by atoms with Gasteiger partial charge >= 0.3 is 6.03 Å². The van der Waals surface area contributed by atoms with Gasteiger partial charge in [-0.15, -0.1) is 0 Å². The van der Waals surface area contributed by atoms with Crippen LogP contribution in [0, 0.1) is 0 Å². The van der Waals surface area contributed by atoms with Crippen LogP contribution in [-0.2, 0) is 0 Å². The van der Waals surface area contributed by atoms with Crippen molar-refractivity contribution in [2.75, 3.05) is 24.4 Å². The highest BCUT2D eigenvalue weighted by Gasteiger charge is 2.15. The molecule has 3 N–H and O–H groups in total. The summed E-state index contributed by atoms with van der Waals surface area (Å²) in [6.07, 6.45) is 3.07. The molecule has 0 spiro atoms. The van der Waals surface area contributed by atoms with E-state index in [1.807, 2.05) is 38.2 Å². The van der Waals surface area contributed by atoms with Gasteiger partial charge in [-0.2, -0.15) is 11.8 Å². The number of nitrogens with one attached hydrogen (secondary N) is 1. The highest BCUT2D eigenvalue weighted by atomic mass is 32.2. The van der Waals surface area contributed by atoms with Crippen molar-refractivity contribution in [3.8, 4) is 0 Å². The molecule has 0 bridgehead atoms. The molecule has 5 heteroatoms. The summed E-state index contributed by atoms with van der Waals surface area (Å²) in [6, 6.07) is 7.77. The fourth-order valence-electron chi connectivity index (χ4n) is 1.79. The molecule has 4 nitrogen and oxygen atoms in total. The number of anilines is 1. The van der Waals surface area contributed by atoms with Crippen LogP contribution in [0.25, 0.3) is 0 Å². The van der Waals surface area contributed by atoms with E-state index in [1.165, 1.54) is 0 Å². The van der Waals surface area contributed by atoms with E-state index in [0.717, 1.165) is 23.4 Å². The van der Waals surface area contributed by atoms with Crippen LogP contribution in [-0.4, -0.2) is 36.0 Å². The van der Waals surface area contributed by atoms with Crippen molar-refractivity contribution in [1.82, 2.24) is 4.90 Å². The van der Waals surface area contributed by atoms with E-state index in [2.05, 4.69) is 18.5 Å². The Labute approximate surface area is 126 Å². The smallest absolute Gasteiger partial charge is 0.321 e. The highest BCUT2D eigenvalue weighted by molar-refractivity contribution is 7.98. The molecule has 0 aliphatic carbocycles. The van der Waals surface area contributed by atoms with Crippen LogP contribution >= 0.6 is 11.8 Å². The largest absolute Gasteiger partial charge is 0.325 e. The molecule has 0 aromatic heterocycles. The van der Waals surface area contributed by atoms with Gasteiger partial charge in [0.15, 0.2) is 0 Å². The molecular weight excluding hydrogens is 270 g/mol. The SMILES string of the molecule is CSCCC(C)N(C)C(=O)Nc1cccc(C(C)N)c1. The van der Waals surface area contributed by atoms with Crippen LogP contribution in [0.4, 0.5) is 10.5 Å². The van der Waals surface area contributed by atoms with Gasteiger partial charge in [0.1, 0.15) is 0 Å². The number of carbonyl (C=O) groups is 1. The number of hydrogen-bond acceptors (Lipinski definition) is 3. The summed E-state index contributed by atoms with van der Waals surface area (Å²) in [7, 11) is 1.83. The molecule has 0 heterocycles. The maximum atomic E-state index is 12.2. The van der Waals surface area contributed by atoms with Gasteiger partial charge in [-0.25, -0.2) is 4.79 Å². The topological polar surface area (TPSA) is 58.4 Å². The van der Waals surface area contributed by atoms with Gasteiger partial charge in [0.2, 0.25) is 0 Å². The van der Waals surface area contributed by atoms with E-state index in [1.54, 1.807) is 16.7 Å². The molecule has 1 aromatic carbocycles. The first kappa shape index (κ1) is 16.9. The molecule has 0 radical (unpaired) electrons. The van der Waals surface area contributed by atoms with E-state index in [0.29, 0.717) is 0 Å². The third-order valence-electron chi connectivity index (χ3n) is 3.38. The van der Waals surface area contributed by atoms with Crippen molar-refractivity contribution in [1.29, 1.82) is 0 Å². The Morgan fingerprint density at radius 1 is 1.45 bits per heavy atom. The molecule has 0 aliphatic rings. The zero-order chi connectivity index (χ0) is 15.1. The van der Waals surface area contributed by atoms with E-state index in [-0.39, 0.29) is 18.1 Å². The maximum Gasteiger partial charge on any atom is 0.321 e. The number of hydrogen-bond donors (Lipinski definition) is 2. The lowest BCUT2D eigenvalue weighted by atomic mass is 10.1. The molecule has 0 saturated heterocycles. The summed E-state index contributed by atoms with van der Waals surface area (Å²) >= 11 is 1.80. The second kappa shape index (κ2) is 8.17. The van der Waals surface area contributed by atoms with Gasteiger partial charge in [-0.3, -0.25) is 0 Å². The van der Waals surface area contributed by atoms with Crippen molar-refractivity contribution in [2.24, 2.45) is 5.73 Å². The van der Waals surface area contributed by atoms with Crippen LogP contribution in [0.5, 0.6) is 0 Å². The first-order chi connectivity index (χ1) is 9.45. The Hall–Kier alpha value is -1.20. The minimum Gasteiger partial charge on any atom is -0.325 e. The molecule has 112 valence electrons. The molecule has 2 amide bonds. The number of amides is 2. The number of carbonyl (C=O) groups excluding carboxylic acids is 1. The van der Waals surface area contributed by atoms with Gasteiger partial charge in [0, 0.05) is 24.8 Å². The quantitative estimate of drug-likeness (QED) is 0.846. The van der Waals surface area contributed by atoms with E-state index in [4.69, 9.17) is 5.73 Å². The first-order valence-electron chi connectivity index (χ1n) is 6.84. The van der Waals surface area contributed by atoms with E-state index >= 15 is 0 Å². The monoisotopic (exact) mass is 295 g/mol. The van der Waals surface area contributed by atoms with Crippen LogP contribution in [0.3, 0.4) is 0 Å². The lowest BCUT2D eigenvalue weighted by Gasteiger charge is -2.25. The number of rotatable bonds is 6. The van der Waals surface area contributed by atoms with Gasteiger partial charge < -0.3 is 16.0 Å². The maximum absolute atomic E-state index is 12.2. The molecule has 20 heavy (non-hydrogen) atoms. The zero-order valence-corrected chi connectivity index (χ0v) is 13.5. The Kier molecular flexibility index (Phi) is 6.88. The average molecular weight is 295 g/mol. The Balaban J connectivity index is 2.63. The predicted molar refractivity (Wildman–Crippen MR) is 88.3 cm³/mol. The molecule has 0 fully saturated rings. The zero-order valence-electron chi connectivity index (χ0n) is 12.7. The lowest BCUT2D eigenvalue weighted by molar-refractivity contribution is 0.207. The molecule has 1 aromatic rings. The minimum atomic E-state index is -0.0829. The summed E-state index contributed by atoms with van der Waals surface area (Å²) in [5.74, 6) is 1.05. The number of thioether (sulfide) groups is 1. The fourth-order valence-corrected chi connectivity index (χ4v) is 2.37. The molecule has 1 rings (SSSR count). The van der Waals surface area contributed by atoms with Gasteiger partial charge in [-0.1, -0.05) is 12.1 Å². The minimum absolute atomic E-state index is 0.0370. The Morgan fingerprint density at radius 2 is 2.15 bits per heavy atom. The van der Waals surface area contributed by atoms with Crippen molar-refractivity contribution >= 4 is 23.5 Å². The summed E-state index contributed by atoms with van der Waals surface area (Å²) in [4.78, 5) is 13.9. The third-order valence-corrected chi connectivity index (χ3v) is 4.03. The molecular formula is C15H25N3OS. The summed E-state index contributed by atoms with van der Waals surface area (Å²) < 4.78 is 0. The van der Waals surface area contributed by atoms with Crippen molar-refractivity contribution < 1.29 is 4.79 Å². The second-order valence-corrected chi connectivity index (χ2v) is 6.07. The Bertz CT molecular complexity index is 437. The van der Waals surface area contributed by atoms with Crippen LogP contribution in [0.15, 0.2) is 24.3 Å². The molecule has 2 atom stereocenters. The highest BCUT2D eigenvalue weighted by Crippen LogP contribution is 2.16. The number of benzene rings is 1. The van der Waals surface area contributed by atoms with Crippen LogP contribution in [0.1, 0.15) is 31.9 Å². The predicted octanol–water partition coefficient (Wildman–Crippen LogP) is 3.31. The second-order valence-electron chi connectivity index (χ2n) is 5.09. The fraction of sp³-hybridized carbons (Fsp3) is 0.533. The molecule has 0 aliphatic heterocycles. The number of nitrogens with two attached hydrogens (primary N) is 1. The van der Waals surface area contributed by atoms with Gasteiger partial charge in [0.05, 0.1) is 0 Å². The van der Waals surface area contributed by atoms with Gasteiger partial charge in [-0.05, 0) is 50.0 Å². The van der Waals surface area contributed by atoms with Crippen LogP contribution < -0.4 is 11.1 Å². The van der Waals surface area contributed by atoms with E-state index in [9.17, 15) is 4.79 Å². The normalized spacial score (nSPS) is 13.7. The molecule has 2 unspecified atom stereocenters. The average Bonchev–Trinajstić information content (AvgIpc) is 2.44. The standard InChI is InChI=1S/C15H25N3OS/c1-11(8-9-20-4)18(3)15(19)17-14-7-5-6-13(10-14)12(2)16/h5-7,10-12H,8-9,16H2,1-4H3,(H,17,19). The van der Waals surface area contributed by atoms with Gasteiger partial charge in [0.25, 0.3) is 0 Å². The lowest BCUT2D eigenvalue weighted by Crippen LogP contribution is -2.38. The van der Waals surface area contributed by atoms with Crippen molar-refractivity contribution in [3.05, 3.63) is 29.8 Å². The summed E-state index contributed by atoms with van der Waals surface area (Å²) in [5.41, 5.74) is 7.65.